The quantitative estimate of drug-likeness (QED) is 0.483. The molecule has 31 heavy (non-hydrogen) atoms. The maximum atomic E-state index is 12.7. The normalized spacial score (nSPS) is 11.1. The smallest absolute Gasteiger partial charge is 0.475 e. The number of aryl methyl sites for hydroxylation is 2. The average molecular weight is 447 g/mol. The lowest BCUT2D eigenvalue weighted by Crippen LogP contribution is -2.21. The zero-order valence-corrected chi connectivity index (χ0v) is 17.2. The number of carbonyl (C=O) groups is 1. The van der Waals surface area contributed by atoms with Crippen LogP contribution in [0.3, 0.4) is 0 Å². The van der Waals surface area contributed by atoms with E-state index >= 15 is 0 Å². The molecule has 0 bridgehead atoms. The highest BCUT2D eigenvalue weighted by Crippen LogP contribution is 2.36. The highest BCUT2D eigenvalue weighted by atomic mass is 32.1. The molecule has 0 saturated carbocycles. The third-order valence-electron chi connectivity index (χ3n) is 4.32. The molecule has 0 aliphatic rings. The fourth-order valence-electron chi connectivity index (χ4n) is 2.79. The topological polar surface area (TPSA) is 85.1 Å². The summed E-state index contributed by atoms with van der Waals surface area (Å²) in [7, 11) is 1.70. The number of carboxylic acid groups (broad SMARTS) is 1. The molecular formula is C21H16F3N3O3S. The van der Waals surface area contributed by atoms with Crippen molar-refractivity contribution in [2.45, 2.75) is 13.1 Å². The molecule has 4 rings (SSSR count). The van der Waals surface area contributed by atoms with Crippen LogP contribution < -0.4 is 5.56 Å². The Balaban J connectivity index is 0.000000339. The summed E-state index contributed by atoms with van der Waals surface area (Å²) in [5, 5.41) is 14.4. The van der Waals surface area contributed by atoms with Crippen molar-refractivity contribution in [1.82, 2.24) is 14.8 Å². The van der Waals surface area contributed by atoms with Crippen LogP contribution >= 0.6 is 11.3 Å². The molecule has 3 heterocycles. The van der Waals surface area contributed by atoms with Crippen molar-refractivity contribution >= 4 is 27.4 Å². The third-order valence-corrected chi connectivity index (χ3v) is 5.31. The Morgan fingerprint density at radius 3 is 2.19 bits per heavy atom. The van der Waals surface area contributed by atoms with E-state index in [-0.39, 0.29) is 5.56 Å². The van der Waals surface area contributed by atoms with Crippen LogP contribution in [0, 0.1) is 6.92 Å². The molecule has 10 heteroatoms. The first kappa shape index (κ1) is 22.2. The molecule has 0 aliphatic carbocycles. The van der Waals surface area contributed by atoms with Crippen molar-refractivity contribution in [3.05, 3.63) is 70.1 Å². The predicted molar refractivity (Wildman–Crippen MR) is 112 cm³/mol. The van der Waals surface area contributed by atoms with E-state index in [1.54, 1.807) is 30.8 Å². The minimum Gasteiger partial charge on any atom is -0.475 e. The molecule has 0 spiro atoms. The Kier molecular flexibility index (Phi) is 6.21. The van der Waals surface area contributed by atoms with Gasteiger partial charge in [-0.05, 0) is 24.6 Å². The molecule has 0 aliphatic heterocycles. The number of thiophene rings is 1. The van der Waals surface area contributed by atoms with Crippen LogP contribution in [0.4, 0.5) is 13.2 Å². The number of pyridine rings is 1. The van der Waals surface area contributed by atoms with Gasteiger partial charge in [-0.3, -0.25) is 9.78 Å². The van der Waals surface area contributed by atoms with Crippen molar-refractivity contribution in [2.24, 2.45) is 7.05 Å². The van der Waals surface area contributed by atoms with Gasteiger partial charge >= 0.3 is 12.1 Å². The van der Waals surface area contributed by atoms with Gasteiger partial charge in [-0.15, -0.1) is 11.3 Å². The number of alkyl halides is 3. The monoisotopic (exact) mass is 447 g/mol. The summed E-state index contributed by atoms with van der Waals surface area (Å²) in [6.45, 7) is 2.06. The number of nitrogens with zero attached hydrogens (tertiary/aromatic N) is 3. The van der Waals surface area contributed by atoms with Gasteiger partial charge in [0.05, 0.1) is 10.1 Å². The van der Waals surface area contributed by atoms with Gasteiger partial charge < -0.3 is 5.11 Å². The summed E-state index contributed by atoms with van der Waals surface area (Å²) in [6.07, 6.45) is -1.61. The zero-order valence-electron chi connectivity index (χ0n) is 16.3. The van der Waals surface area contributed by atoms with Crippen LogP contribution in [-0.4, -0.2) is 32.0 Å². The number of halogens is 3. The molecule has 4 aromatic rings. The molecule has 0 saturated heterocycles. The number of rotatable bonds is 2. The van der Waals surface area contributed by atoms with Gasteiger partial charge in [0.2, 0.25) is 0 Å². The number of carboxylic acids is 1. The van der Waals surface area contributed by atoms with Gasteiger partial charge in [-0.2, -0.15) is 18.3 Å². The van der Waals surface area contributed by atoms with E-state index in [0.29, 0.717) is 0 Å². The van der Waals surface area contributed by atoms with Crippen molar-refractivity contribution in [1.29, 1.82) is 0 Å². The van der Waals surface area contributed by atoms with Crippen molar-refractivity contribution < 1.29 is 23.1 Å². The number of hydrogen-bond donors (Lipinski definition) is 1. The van der Waals surface area contributed by atoms with Crippen molar-refractivity contribution in [3.63, 3.8) is 0 Å². The standard InChI is InChI=1S/C19H15N3OS.C2HF3O2/c1-12-3-5-13(6-4-12)15-11-24-18-16(15)19(23)22(2)21-17(18)14-7-9-20-10-8-14;3-2(4,5)1(6)7/h3-11H,1-2H3;(H,6,7). The molecule has 160 valence electrons. The molecule has 1 N–H and O–H groups in total. The molecule has 0 unspecified atom stereocenters. The first-order valence-electron chi connectivity index (χ1n) is 8.85. The van der Waals surface area contributed by atoms with E-state index < -0.39 is 12.1 Å². The largest absolute Gasteiger partial charge is 0.490 e. The second-order valence-electron chi connectivity index (χ2n) is 6.54. The molecule has 1 aromatic carbocycles. The van der Waals surface area contributed by atoms with Gasteiger partial charge in [0.1, 0.15) is 5.69 Å². The summed E-state index contributed by atoms with van der Waals surface area (Å²) in [5.41, 5.74) is 4.93. The molecular weight excluding hydrogens is 431 g/mol. The molecule has 0 atom stereocenters. The Bertz CT molecular complexity index is 1280. The molecule has 0 amide bonds. The van der Waals surface area contributed by atoms with Gasteiger partial charge in [0.25, 0.3) is 5.56 Å². The first-order valence-corrected chi connectivity index (χ1v) is 9.73. The molecule has 3 aromatic heterocycles. The lowest BCUT2D eigenvalue weighted by atomic mass is 10.0. The van der Waals surface area contributed by atoms with E-state index in [4.69, 9.17) is 9.90 Å². The summed E-state index contributed by atoms with van der Waals surface area (Å²) >= 11 is 1.56. The Hall–Kier alpha value is -3.53. The Morgan fingerprint density at radius 1 is 1.06 bits per heavy atom. The predicted octanol–water partition coefficient (Wildman–Crippen LogP) is 4.67. The fourth-order valence-corrected chi connectivity index (χ4v) is 3.87. The van der Waals surface area contributed by atoms with Crippen molar-refractivity contribution in [3.8, 4) is 22.4 Å². The van der Waals surface area contributed by atoms with Crippen LogP contribution in [0.1, 0.15) is 5.56 Å². The molecule has 0 radical (unpaired) electrons. The second kappa shape index (κ2) is 8.68. The van der Waals surface area contributed by atoms with Crippen LogP contribution in [0.15, 0.2) is 59.0 Å². The second-order valence-corrected chi connectivity index (χ2v) is 7.42. The van der Waals surface area contributed by atoms with Gasteiger partial charge in [0, 0.05) is 35.9 Å². The van der Waals surface area contributed by atoms with Crippen LogP contribution in [0.5, 0.6) is 0 Å². The SMILES string of the molecule is Cc1ccc(-c2csc3c(-c4ccncc4)nn(C)c(=O)c23)cc1.O=C(O)C(F)(F)F. The van der Waals surface area contributed by atoms with Crippen LogP contribution in [-0.2, 0) is 11.8 Å². The van der Waals surface area contributed by atoms with Crippen LogP contribution in [0.25, 0.3) is 32.5 Å². The van der Waals surface area contributed by atoms with Gasteiger partial charge in [0.15, 0.2) is 0 Å². The fraction of sp³-hybridized carbons (Fsp3) is 0.143. The van der Waals surface area contributed by atoms with E-state index in [1.165, 1.54) is 10.2 Å². The minimum atomic E-state index is -5.08. The third kappa shape index (κ3) is 4.80. The van der Waals surface area contributed by atoms with Gasteiger partial charge in [-0.1, -0.05) is 29.8 Å². The number of benzene rings is 1. The molecule has 6 nitrogen and oxygen atoms in total. The lowest BCUT2D eigenvalue weighted by Gasteiger charge is -2.06. The zero-order chi connectivity index (χ0) is 22.8. The van der Waals surface area contributed by atoms with Crippen LogP contribution in [0.2, 0.25) is 0 Å². The van der Waals surface area contributed by atoms with E-state index in [1.807, 2.05) is 17.5 Å². The van der Waals surface area contributed by atoms with Crippen molar-refractivity contribution in [2.75, 3.05) is 0 Å². The van der Waals surface area contributed by atoms with E-state index in [0.717, 1.165) is 32.5 Å². The summed E-state index contributed by atoms with van der Waals surface area (Å²) in [4.78, 5) is 25.7. The number of fused-ring (bicyclic) bond motifs is 1. The van der Waals surface area contributed by atoms with Gasteiger partial charge in [-0.25, -0.2) is 9.48 Å². The highest BCUT2D eigenvalue weighted by molar-refractivity contribution is 7.18. The number of aromatic nitrogens is 3. The Morgan fingerprint density at radius 2 is 1.65 bits per heavy atom. The first-order chi connectivity index (χ1) is 14.6. The average Bonchev–Trinajstić information content (AvgIpc) is 3.17. The number of hydrogen-bond acceptors (Lipinski definition) is 5. The maximum absolute atomic E-state index is 12.7. The number of aliphatic carboxylic acids is 1. The summed E-state index contributed by atoms with van der Waals surface area (Å²) in [6, 6.07) is 12.1. The molecule has 0 fully saturated rings. The Labute approximate surface area is 178 Å². The summed E-state index contributed by atoms with van der Waals surface area (Å²) in [5.74, 6) is -2.76. The highest BCUT2D eigenvalue weighted by Gasteiger charge is 2.38. The summed E-state index contributed by atoms with van der Waals surface area (Å²) < 4.78 is 34.1. The van der Waals surface area contributed by atoms with E-state index in [9.17, 15) is 18.0 Å². The lowest BCUT2D eigenvalue weighted by molar-refractivity contribution is -0.192. The maximum Gasteiger partial charge on any atom is 0.490 e. The van der Waals surface area contributed by atoms with E-state index in [2.05, 4.69) is 41.3 Å². The minimum absolute atomic E-state index is 0.0698.